The van der Waals surface area contributed by atoms with Crippen molar-refractivity contribution < 1.29 is 19.5 Å². The molecule has 0 aromatic heterocycles. The fourth-order valence-electron chi connectivity index (χ4n) is 2.78. The van der Waals surface area contributed by atoms with Crippen molar-refractivity contribution in [3.8, 4) is 0 Å². The zero-order valence-electron chi connectivity index (χ0n) is 16.0. The molecule has 1 saturated heterocycles. The monoisotopic (exact) mass is 393 g/mol. The van der Waals surface area contributed by atoms with Crippen molar-refractivity contribution in [2.24, 2.45) is 0 Å². The topological polar surface area (TPSA) is 98.7 Å². The highest BCUT2D eigenvalue weighted by atomic mass is 32.2. The number of thioether (sulfide) groups is 1. The van der Waals surface area contributed by atoms with E-state index < -0.39 is 17.5 Å². The first-order chi connectivity index (χ1) is 12.7. The van der Waals surface area contributed by atoms with E-state index in [1.807, 2.05) is 29.7 Å². The minimum Gasteiger partial charge on any atom is -0.481 e. The van der Waals surface area contributed by atoms with E-state index in [2.05, 4.69) is 10.6 Å². The van der Waals surface area contributed by atoms with Gasteiger partial charge in [0.25, 0.3) is 5.91 Å². The molecule has 3 N–H and O–H groups in total. The first-order valence-corrected chi connectivity index (χ1v) is 10.1. The Morgan fingerprint density at radius 2 is 1.89 bits per heavy atom. The van der Waals surface area contributed by atoms with Gasteiger partial charge in [-0.15, -0.1) is 0 Å². The molecule has 7 nitrogen and oxygen atoms in total. The Bertz CT molecular complexity index is 715. The number of amides is 3. The number of aliphatic carboxylic acids is 1. The number of carboxylic acids is 1. The molecule has 1 aromatic rings. The van der Waals surface area contributed by atoms with Gasteiger partial charge in [-0.3, -0.25) is 9.59 Å². The molecule has 1 fully saturated rings. The highest BCUT2D eigenvalue weighted by Gasteiger charge is 2.23. The molecular formula is C19H27N3O4S. The Morgan fingerprint density at radius 3 is 2.52 bits per heavy atom. The van der Waals surface area contributed by atoms with Gasteiger partial charge >= 0.3 is 12.0 Å². The van der Waals surface area contributed by atoms with E-state index >= 15 is 0 Å². The predicted octanol–water partition coefficient (Wildman–Crippen LogP) is 2.95. The molecule has 27 heavy (non-hydrogen) atoms. The summed E-state index contributed by atoms with van der Waals surface area (Å²) in [5, 5.41) is 14.4. The number of nitrogens with zero attached hydrogens (tertiary/aromatic N) is 1. The molecular weight excluding hydrogens is 366 g/mol. The number of carbonyl (C=O) groups is 3. The first-order valence-electron chi connectivity index (χ1n) is 8.96. The van der Waals surface area contributed by atoms with Crippen LogP contribution in [0.25, 0.3) is 0 Å². The summed E-state index contributed by atoms with van der Waals surface area (Å²) in [7, 11) is 0. The molecule has 0 unspecified atom stereocenters. The number of rotatable bonds is 6. The Balaban J connectivity index is 2.04. The molecule has 1 heterocycles. The molecule has 3 amide bonds. The van der Waals surface area contributed by atoms with Gasteiger partial charge in [-0.25, -0.2) is 4.79 Å². The van der Waals surface area contributed by atoms with Crippen LogP contribution in [0.4, 0.5) is 10.5 Å². The number of urea groups is 1. The number of carbonyl (C=O) groups excluding carboxylic acids is 2. The van der Waals surface area contributed by atoms with Gasteiger partial charge in [-0.2, -0.15) is 11.8 Å². The van der Waals surface area contributed by atoms with E-state index in [9.17, 15) is 14.4 Å². The second-order valence-electron chi connectivity index (χ2n) is 7.29. The summed E-state index contributed by atoms with van der Waals surface area (Å²) in [6.45, 7) is 6.88. The predicted molar refractivity (Wildman–Crippen MR) is 108 cm³/mol. The number of carboxylic acid groups (broad SMARTS) is 1. The molecule has 1 aliphatic heterocycles. The van der Waals surface area contributed by atoms with Crippen LogP contribution >= 0.6 is 11.8 Å². The van der Waals surface area contributed by atoms with E-state index in [-0.39, 0.29) is 12.3 Å². The molecule has 0 saturated carbocycles. The Labute approximate surface area is 163 Å². The fourth-order valence-corrected chi connectivity index (χ4v) is 3.68. The third-order valence-corrected chi connectivity index (χ3v) is 5.39. The average Bonchev–Trinajstić information content (AvgIpc) is 2.61. The molecule has 0 spiro atoms. The first kappa shape index (κ1) is 21.1. The van der Waals surface area contributed by atoms with Crippen LogP contribution in [0, 0.1) is 6.92 Å². The molecule has 2 rings (SSSR count). The average molecular weight is 394 g/mol. The third kappa shape index (κ3) is 6.46. The van der Waals surface area contributed by atoms with Crippen molar-refractivity contribution in [2.75, 3.05) is 29.9 Å². The van der Waals surface area contributed by atoms with E-state index in [4.69, 9.17) is 5.11 Å². The van der Waals surface area contributed by atoms with Crippen molar-refractivity contribution >= 4 is 35.4 Å². The van der Waals surface area contributed by atoms with Gasteiger partial charge in [0.2, 0.25) is 0 Å². The minimum atomic E-state index is -0.900. The van der Waals surface area contributed by atoms with E-state index in [1.54, 1.807) is 26.0 Å². The van der Waals surface area contributed by atoms with Crippen LogP contribution in [-0.4, -0.2) is 58.0 Å². The second-order valence-corrected chi connectivity index (χ2v) is 8.52. The third-order valence-electron chi connectivity index (χ3n) is 4.45. The lowest BCUT2D eigenvalue weighted by atomic mass is 9.99. The van der Waals surface area contributed by atoms with Gasteiger partial charge in [0.05, 0.1) is 0 Å². The Hall–Kier alpha value is -2.22. The van der Waals surface area contributed by atoms with Crippen molar-refractivity contribution in [1.82, 2.24) is 10.2 Å². The van der Waals surface area contributed by atoms with Crippen LogP contribution in [0.1, 0.15) is 42.6 Å². The standard InChI is InChI=1S/C19H27N3O4S/c1-13-4-5-14(17(25)22-8-10-27-11-9-22)12-15(13)20-18(26)21-19(2,3)7-6-16(23)24/h4-5,12H,6-11H2,1-3H3,(H,23,24)(H2,20,21,26). The summed E-state index contributed by atoms with van der Waals surface area (Å²) in [4.78, 5) is 37.6. The molecule has 0 aliphatic carbocycles. The van der Waals surface area contributed by atoms with Gasteiger partial charge in [0.15, 0.2) is 0 Å². The molecule has 8 heteroatoms. The zero-order valence-corrected chi connectivity index (χ0v) is 16.8. The van der Waals surface area contributed by atoms with Crippen molar-refractivity contribution in [3.05, 3.63) is 29.3 Å². The summed E-state index contributed by atoms with van der Waals surface area (Å²) in [6, 6.07) is 4.87. The molecule has 0 radical (unpaired) electrons. The zero-order chi connectivity index (χ0) is 20.0. The molecule has 0 bridgehead atoms. The van der Waals surface area contributed by atoms with Crippen molar-refractivity contribution in [3.63, 3.8) is 0 Å². The van der Waals surface area contributed by atoms with Crippen LogP contribution in [0.15, 0.2) is 18.2 Å². The lowest BCUT2D eigenvalue weighted by Crippen LogP contribution is -2.45. The Kier molecular flexibility index (Phi) is 7.12. The van der Waals surface area contributed by atoms with Crippen LogP contribution in [0.5, 0.6) is 0 Å². The maximum absolute atomic E-state index is 12.7. The molecule has 1 aliphatic rings. The molecule has 148 valence electrons. The molecule has 0 atom stereocenters. The summed E-state index contributed by atoms with van der Waals surface area (Å²) in [5.74, 6) is 0.955. The highest BCUT2D eigenvalue weighted by Crippen LogP contribution is 2.20. The normalized spacial score (nSPS) is 14.6. The second kappa shape index (κ2) is 9.12. The largest absolute Gasteiger partial charge is 0.481 e. The number of aryl methyl sites for hydroxylation is 1. The lowest BCUT2D eigenvalue weighted by molar-refractivity contribution is -0.137. The lowest BCUT2D eigenvalue weighted by Gasteiger charge is -2.27. The minimum absolute atomic E-state index is 0.0234. The number of hydrogen-bond donors (Lipinski definition) is 3. The van der Waals surface area contributed by atoms with Crippen molar-refractivity contribution in [1.29, 1.82) is 0 Å². The number of benzene rings is 1. The van der Waals surface area contributed by atoms with E-state index in [1.165, 1.54) is 0 Å². The highest BCUT2D eigenvalue weighted by molar-refractivity contribution is 7.99. The van der Waals surface area contributed by atoms with Gasteiger partial charge in [-0.05, 0) is 44.9 Å². The van der Waals surface area contributed by atoms with E-state index in [0.717, 1.165) is 30.2 Å². The number of nitrogens with one attached hydrogen (secondary N) is 2. The SMILES string of the molecule is Cc1ccc(C(=O)N2CCSCC2)cc1NC(=O)NC(C)(C)CCC(=O)O. The number of hydrogen-bond acceptors (Lipinski definition) is 4. The summed E-state index contributed by atoms with van der Waals surface area (Å²) < 4.78 is 0. The quantitative estimate of drug-likeness (QED) is 0.690. The van der Waals surface area contributed by atoms with Crippen molar-refractivity contribution in [2.45, 2.75) is 39.2 Å². The van der Waals surface area contributed by atoms with Gasteiger partial charge < -0.3 is 20.6 Å². The number of anilines is 1. The van der Waals surface area contributed by atoms with Gasteiger partial charge in [0.1, 0.15) is 0 Å². The van der Waals surface area contributed by atoms with Crippen LogP contribution < -0.4 is 10.6 Å². The summed E-state index contributed by atoms with van der Waals surface area (Å²) in [5.41, 5.74) is 1.31. The summed E-state index contributed by atoms with van der Waals surface area (Å²) >= 11 is 1.84. The smallest absolute Gasteiger partial charge is 0.319 e. The fraction of sp³-hybridized carbons (Fsp3) is 0.526. The van der Waals surface area contributed by atoms with Gasteiger partial charge in [0, 0.05) is 47.8 Å². The van der Waals surface area contributed by atoms with Gasteiger partial charge in [-0.1, -0.05) is 6.07 Å². The maximum Gasteiger partial charge on any atom is 0.319 e. The van der Waals surface area contributed by atoms with Crippen LogP contribution in [-0.2, 0) is 4.79 Å². The Morgan fingerprint density at radius 1 is 1.22 bits per heavy atom. The maximum atomic E-state index is 12.7. The van der Waals surface area contributed by atoms with E-state index in [0.29, 0.717) is 17.7 Å². The summed E-state index contributed by atoms with van der Waals surface area (Å²) in [6.07, 6.45) is 0.296. The van der Waals surface area contributed by atoms with Crippen LogP contribution in [0.2, 0.25) is 0 Å². The molecule has 1 aromatic carbocycles. The van der Waals surface area contributed by atoms with Crippen LogP contribution in [0.3, 0.4) is 0 Å².